The highest BCUT2D eigenvalue weighted by Gasteiger charge is 2.11. The Morgan fingerprint density at radius 3 is 1.33 bits per heavy atom. The van der Waals surface area contributed by atoms with Gasteiger partial charge in [-0.25, -0.2) is 15.0 Å². The zero-order valence-corrected chi connectivity index (χ0v) is 28.9. The van der Waals surface area contributed by atoms with Crippen LogP contribution in [0, 0.1) is 6.92 Å². The van der Waals surface area contributed by atoms with Crippen LogP contribution in [0.2, 0.25) is 0 Å². The summed E-state index contributed by atoms with van der Waals surface area (Å²) in [5.41, 5.74) is 15.0. The molecule has 3 heterocycles. The Bertz CT molecular complexity index is 2730. The molecule has 3 heteroatoms. The monoisotopic (exact) mass is 665 g/mol. The quantitative estimate of drug-likeness (QED) is 0.159. The van der Waals surface area contributed by atoms with E-state index in [1.54, 1.807) is 0 Å². The number of allylic oxidation sites excluding steroid dienone is 1. The second-order valence-electron chi connectivity index (χ2n) is 13.3. The SMILES string of the molecule is Cc1c(/C=C\Cc2ccccc2)ccc2ccc(-c3ccc(-c4ccc(-c5ccc6ccc7ccc(-c8ccccc8)nc7c6n5)cc4)cc3)nc12. The maximum absolute atomic E-state index is 5.14. The maximum Gasteiger partial charge on any atom is 0.0972 e. The number of aryl methyl sites for hydroxylation is 1. The number of hydrogen-bond acceptors (Lipinski definition) is 3. The van der Waals surface area contributed by atoms with Crippen molar-refractivity contribution in [3.8, 4) is 44.9 Å². The first-order valence-corrected chi connectivity index (χ1v) is 17.7. The van der Waals surface area contributed by atoms with E-state index in [-0.39, 0.29) is 0 Å². The summed E-state index contributed by atoms with van der Waals surface area (Å²) >= 11 is 0. The van der Waals surface area contributed by atoms with Gasteiger partial charge in [0.2, 0.25) is 0 Å². The van der Waals surface area contributed by atoms with E-state index in [9.17, 15) is 0 Å². The second kappa shape index (κ2) is 13.5. The fourth-order valence-electron chi connectivity index (χ4n) is 6.99. The highest BCUT2D eigenvalue weighted by Crippen LogP contribution is 2.31. The van der Waals surface area contributed by atoms with E-state index in [1.807, 2.05) is 18.2 Å². The van der Waals surface area contributed by atoms with Crippen LogP contribution in [0.5, 0.6) is 0 Å². The summed E-state index contributed by atoms with van der Waals surface area (Å²) in [4.78, 5) is 15.3. The summed E-state index contributed by atoms with van der Waals surface area (Å²) in [5.74, 6) is 0. The van der Waals surface area contributed by atoms with Crippen LogP contribution in [-0.4, -0.2) is 15.0 Å². The van der Waals surface area contributed by atoms with E-state index in [1.165, 1.54) is 16.7 Å². The third-order valence-corrected chi connectivity index (χ3v) is 9.93. The average Bonchev–Trinajstić information content (AvgIpc) is 3.22. The summed E-state index contributed by atoms with van der Waals surface area (Å²) in [5, 5.41) is 3.32. The third kappa shape index (κ3) is 6.14. The van der Waals surface area contributed by atoms with Gasteiger partial charge >= 0.3 is 0 Å². The largest absolute Gasteiger partial charge is 0.247 e. The molecule has 6 aromatic carbocycles. The lowest BCUT2D eigenvalue weighted by atomic mass is 9.99. The molecule has 9 aromatic rings. The first kappa shape index (κ1) is 31.3. The van der Waals surface area contributed by atoms with Gasteiger partial charge in [0, 0.05) is 32.8 Å². The highest BCUT2D eigenvalue weighted by molar-refractivity contribution is 6.04. The summed E-state index contributed by atoms with van der Waals surface area (Å²) in [7, 11) is 0. The Hall–Kier alpha value is -6.71. The molecular weight excluding hydrogens is 631 g/mol. The van der Waals surface area contributed by atoms with Gasteiger partial charge in [-0.2, -0.15) is 0 Å². The van der Waals surface area contributed by atoms with Crippen LogP contribution in [0.1, 0.15) is 16.7 Å². The molecule has 0 aliphatic rings. The average molecular weight is 666 g/mol. The lowest BCUT2D eigenvalue weighted by Crippen LogP contribution is -1.91. The maximum atomic E-state index is 5.14. The summed E-state index contributed by atoms with van der Waals surface area (Å²) in [6.45, 7) is 2.17. The lowest BCUT2D eigenvalue weighted by molar-refractivity contribution is 1.28. The predicted octanol–water partition coefficient (Wildman–Crippen LogP) is 12.6. The number of aromatic nitrogens is 3. The van der Waals surface area contributed by atoms with Crippen molar-refractivity contribution in [3.05, 3.63) is 193 Å². The molecule has 0 amide bonds. The zero-order valence-electron chi connectivity index (χ0n) is 28.9. The van der Waals surface area contributed by atoms with Crippen molar-refractivity contribution < 1.29 is 0 Å². The van der Waals surface area contributed by atoms with Crippen molar-refractivity contribution in [2.75, 3.05) is 0 Å². The number of rotatable bonds is 7. The molecule has 3 nitrogen and oxygen atoms in total. The number of benzene rings is 6. The van der Waals surface area contributed by atoms with Crippen LogP contribution < -0.4 is 0 Å². The first-order chi connectivity index (χ1) is 25.7. The summed E-state index contributed by atoms with van der Waals surface area (Å²) in [6, 6.07) is 59.6. The fraction of sp³-hybridized carbons (Fsp3) is 0.0408. The zero-order chi connectivity index (χ0) is 34.9. The van der Waals surface area contributed by atoms with Gasteiger partial charge in [0.05, 0.1) is 33.6 Å². The molecule has 0 bridgehead atoms. The van der Waals surface area contributed by atoms with Crippen molar-refractivity contribution in [1.82, 2.24) is 15.0 Å². The van der Waals surface area contributed by atoms with E-state index in [4.69, 9.17) is 15.0 Å². The molecule has 0 saturated heterocycles. The van der Waals surface area contributed by atoms with Gasteiger partial charge in [-0.15, -0.1) is 0 Å². The fourth-order valence-corrected chi connectivity index (χ4v) is 6.99. The normalized spacial score (nSPS) is 11.6. The second-order valence-corrected chi connectivity index (χ2v) is 13.3. The molecule has 0 unspecified atom stereocenters. The summed E-state index contributed by atoms with van der Waals surface area (Å²) in [6.07, 6.45) is 5.36. The molecule has 0 saturated carbocycles. The molecule has 3 aromatic heterocycles. The summed E-state index contributed by atoms with van der Waals surface area (Å²) < 4.78 is 0. The van der Waals surface area contributed by atoms with Gasteiger partial charge in [-0.05, 0) is 59.4 Å². The lowest BCUT2D eigenvalue weighted by Gasteiger charge is -2.10. The van der Waals surface area contributed by atoms with Crippen LogP contribution in [0.4, 0.5) is 0 Å². The minimum absolute atomic E-state index is 0.909. The van der Waals surface area contributed by atoms with E-state index in [0.717, 1.165) is 84.0 Å². The number of nitrogens with zero attached hydrogens (tertiary/aromatic N) is 3. The topological polar surface area (TPSA) is 38.7 Å². The molecule has 0 aliphatic heterocycles. The molecular formula is C49H35N3. The molecule has 0 fully saturated rings. The standard InChI is InChI=1S/C49H35N3/c1-33-35(14-8-11-34-9-4-2-5-10-34)15-24-41-27-30-45(50-47(33)41)39-20-16-36(17-21-39)37-18-22-40(23-19-37)46-32-29-43-26-25-42-28-31-44(38-12-6-3-7-13-38)51-48(42)49(43)52-46/h2-10,12-32H,11H2,1H3/b14-8-. The molecule has 0 radical (unpaired) electrons. The Kier molecular flexibility index (Phi) is 8.15. The van der Waals surface area contributed by atoms with Crippen LogP contribution >= 0.6 is 0 Å². The van der Waals surface area contributed by atoms with Gasteiger partial charge in [-0.1, -0.05) is 164 Å². The van der Waals surface area contributed by atoms with Gasteiger partial charge in [0.15, 0.2) is 0 Å². The number of pyridine rings is 3. The first-order valence-electron chi connectivity index (χ1n) is 17.7. The minimum Gasteiger partial charge on any atom is -0.247 e. The van der Waals surface area contributed by atoms with Crippen molar-refractivity contribution in [3.63, 3.8) is 0 Å². The van der Waals surface area contributed by atoms with E-state index < -0.39 is 0 Å². The molecule has 0 aliphatic carbocycles. The van der Waals surface area contributed by atoms with Crippen LogP contribution in [0.3, 0.4) is 0 Å². The molecule has 0 spiro atoms. The number of hydrogen-bond donors (Lipinski definition) is 0. The molecule has 0 N–H and O–H groups in total. The third-order valence-electron chi connectivity index (χ3n) is 9.93. The van der Waals surface area contributed by atoms with Crippen LogP contribution in [0.25, 0.3) is 83.7 Å². The smallest absolute Gasteiger partial charge is 0.0972 e. The van der Waals surface area contributed by atoms with Gasteiger partial charge in [0.1, 0.15) is 0 Å². The Labute approximate surface area is 303 Å². The molecule has 246 valence electrons. The Balaban J connectivity index is 0.961. The van der Waals surface area contributed by atoms with Crippen LogP contribution in [-0.2, 0) is 6.42 Å². The molecule has 0 atom stereocenters. The van der Waals surface area contributed by atoms with Gasteiger partial charge in [-0.3, -0.25) is 0 Å². The van der Waals surface area contributed by atoms with Crippen LogP contribution in [0.15, 0.2) is 176 Å². The van der Waals surface area contributed by atoms with E-state index >= 15 is 0 Å². The molecule has 52 heavy (non-hydrogen) atoms. The van der Waals surface area contributed by atoms with Gasteiger partial charge in [0.25, 0.3) is 0 Å². The van der Waals surface area contributed by atoms with Gasteiger partial charge < -0.3 is 0 Å². The van der Waals surface area contributed by atoms with E-state index in [0.29, 0.717) is 0 Å². The van der Waals surface area contributed by atoms with E-state index in [2.05, 4.69) is 171 Å². The van der Waals surface area contributed by atoms with Crippen molar-refractivity contribution in [2.45, 2.75) is 13.3 Å². The number of fused-ring (bicyclic) bond motifs is 4. The minimum atomic E-state index is 0.909. The van der Waals surface area contributed by atoms with Crippen molar-refractivity contribution in [2.24, 2.45) is 0 Å². The Morgan fingerprint density at radius 1 is 0.385 bits per heavy atom. The van der Waals surface area contributed by atoms with Crippen molar-refractivity contribution in [1.29, 1.82) is 0 Å². The highest BCUT2D eigenvalue weighted by atomic mass is 14.8. The predicted molar refractivity (Wildman–Crippen MR) is 218 cm³/mol. The molecule has 9 rings (SSSR count). The Morgan fingerprint density at radius 2 is 0.788 bits per heavy atom. The van der Waals surface area contributed by atoms with Crippen molar-refractivity contribution >= 4 is 38.8 Å².